The molecule has 1 aromatic rings. The predicted octanol–water partition coefficient (Wildman–Crippen LogP) is 1.91. The van der Waals surface area contributed by atoms with Gasteiger partial charge >= 0.3 is 0 Å². The molecule has 4 heteroatoms. The van der Waals surface area contributed by atoms with Gasteiger partial charge in [0.05, 0.1) is 0 Å². The second-order valence-corrected chi connectivity index (χ2v) is 4.96. The number of halogens is 1. The number of nitrogens with one attached hydrogen (secondary N) is 1. The molecule has 3 nitrogen and oxygen atoms in total. The Balaban J connectivity index is 1.72. The zero-order valence-corrected chi connectivity index (χ0v) is 10.7. The van der Waals surface area contributed by atoms with Gasteiger partial charge in [-0.2, -0.15) is 0 Å². The van der Waals surface area contributed by atoms with E-state index >= 15 is 0 Å². The first-order chi connectivity index (χ1) is 8.78. The Morgan fingerprint density at radius 2 is 2.11 bits per heavy atom. The molecule has 0 atom stereocenters. The summed E-state index contributed by atoms with van der Waals surface area (Å²) < 4.78 is 13.0. The van der Waals surface area contributed by atoms with Crippen molar-refractivity contribution in [3.05, 3.63) is 30.1 Å². The molecule has 0 bridgehead atoms. The van der Waals surface area contributed by atoms with Crippen LogP contribution in [0, 0.1) is 11.7 Å². The third kappa shape index (κ3) is 3.96. The van der Waals surface area contributed by atoms with E-state index < -0.39 is 0 Å². The summed E-state index contributed by atoms with van der Waals surface area (Å²) in [5.41, 5.74) is 6.43. The van der Waals surface area contributed by atoms with Gasteiger partial charge in [0.25, 0.3) is 0 Å². The molecule has 2 rings (SSSR count). The molecule has 0 radical (unpaired) electrons. The van der Waals surface area contributed by atoms with E-state index in [9.17, 15) is 4.39 Å². The van der Waals surface area contributed by atoms with Gasteiger partial charge in [0.1, 0.15) is 5.82 Å². The zero-order valence-electron chi connectivity index (χ0n) is 10.7. The van der Waals surface area contributed by atoms with Crippen LogP contribution in [0.15, 0.2) is 24.3 Å². The van der Waals surface area contributed by atoms with Gasteiger partial charge in [-0.1, -0.05) is 6.07 Å². The molecule has 3 N–H and O–H groups in total. The molecule has 0 spiro atoms. The van der Waals surface area contributed by atoms with Crippen LogP contribution in [0.2, 0.25) is 0 Å². The van der Waals surface area contributed by atoms with Crippen LogP contribution in [0.3, 0.4) is 0 Å². The van der Waals surface area contributed by atoms with Crippen molar-refractivity contribution >= 4 is 5.69 Å². The summed E-state index contributed by atoms with van der Waals surface area (Å²) in [6.07, 6.45) is 2.39. The molecule has 1 saturated heterocycles. The Kier molecular flexibility index (Phi) is 4.96. The highest BCUT2D eigenvalue weighted by Crippen LogP contribution is 2.18. The highest BCUT2D eigenvalue weighted by molar-refractivity contribution is 5.42. The molecule has 0 saturated carbocycles. The molecule has 100 valence electrons. The molecule has 1 fully saturated rings. The van der Waals surface area contributed by atoms with Crippen molar-refractivity contribution < 1.29 is 4.39 Å². The first kappa shape index (κ1) is 13.3. The lowest BCUT2D eigenvalue weighted by Crippen LogP contribution is -2.38. The summed E-state index contributed by atoms with van der Waals surface area (Å²) in [6.45, 7) is 4.94. The van der Waals surface area contributed by atoms with Crippen LogP contribution in [-0.4, -0.2) is 37.6 Å². The maximum absolute atomic E-state index is 13.0. The number of benzene rings is 1. The topological polar surface area (TPSA) is 41.3 Å². The number of hydrogen-bond donors (Lipinski definition) is 2. The van der Waals surface area contributed by atoms with E-state index in [2.05, 4.69) is 10.2 Å². The molecule has 0 aliphatic carbocycles. The Hall–Kier alpha value is -1.13. The number of nitrogens with zero attached hydrogens (tertiary/aromatic N) is 1. The molecule has 1 aliphatic rings. The number of likely N-dealkylation sites (tertiary alicyclic amines) is 1. The van der Waals surface area contributed by atoms with Crippen LogP contribution >= 0.6 is 0 Å². The summed E-state index contributed by atoms with van der Waals surface area (Å²) in [7, 11) is 0. The van der Waals surface area contributed by atoms with Crippen LogP contribution in [0.5, 0.6) is 0 Å². The quantitative estimate of drug-likeness (QED) is 0.840. The van der Waals surface area contributed by atoms with Crippen molar-refractivity contribution in [3.63, 3.8) is 0 Å². The number of nitrogens with two attached hydrogens (primary N) is 1. The summed E-state index contributed by atoms with van der Waals surface area (Å²) in [5, 5.41) is 3.32. The van der Waals surface area contributed by atoms with Crippen LogP contribution in [0.25, 0.3) is 0 Å². The highest BCUT2D eigenvalue weighted by atomic mass is 19.1. The lowest BCUT2D eigenvalue weighted by Gasteiger charge is -2.31. The Morgan fingerprint density at radius 1 is 1.33 bits per heavy atom. The summed E-state index contributed by atoms with van der Waals surface area (Å²) in [5.74, 6) is 0.500. The average molecular weight is 251 g/mol. The number of rotatable bonds is 5. The Labute approximate surface area is 108 Å². The third-order valence-electron chi connectivity index (χ3n) is 3.57. The fourth-order valence-corrected chi connectivity index (χ4v) is 2.46. The first-order valence-electron chi connectivity index (χ1n) is 6.70. The molecular weight excluding hydrogens is 229 g/mol. The number of piperidine rings is 1. The van der Waals surface area contributed by atoms with Crippen LogP contribution < -0.4 is 11.1 Å². The van der Waals surface area contributed by atoms with Crippen LogP contribution in [-0.2, 0) is 0 Å². The summed E-state index contributed by atoms with van der Waals surface area (Å²) in [4.78, 5) is 2.42. The van der Waals surface area contributed by atoms with E-state index in [1.807, 2.05) is 6.07 Å². The van der Waals surface area contributed by atoms with Gasteiger partial charge < -0.3 is 16.0 Å². The second-order valence-electron chi connectivity index (χ2n) is 4.96. The minimum Gasteiger partial charge on any atom is -0.385 e. The predicted molar refractivity (Wildman–Crippen MR) is 73.1 cm³/mol. The monoisotopic (exact) mass is 251 g/mol. The fraction of sp³-hybridized carbons (Fsp3) is 0.571. The van der Waals surface area contributed by atoms with E-state index in [1.54, 1.807) is 12.1 Å². The molecule has 0 amide bonds. The van der Waals surface area contributed by atoms with Crippen molar-refractivity contribution in [2.75, 3.05) is 38.0 Å². The maximum Gasteiger partial charge on any atom is 0.125 e. The summed E-state index contributed by atoms with van der Waals surface area (Å²) in [6, 6.07) is 6.66. The highest BCUT2D eigenvalue weighted by Gasteiger charge is 2.18. The lowest BCUT2D eigenvalue weighted by molar-refractivity contribution is 0.194. The SMILES string of the molecule is NCCN1CCC(CNc2cccc(F)c2)CC1. The summed E-state index contributed by atoms with van der Waals surface area (Å²) >= 11 is 0. The Bertz CT molecular complexity index is 362. The maximum atomic E-state index is 13.0. The molecule has 1 aliphatic heterocycles. The minimum absolute atomic E-state index is 0.183. The molecule has 0 aromatic heterocycles. The minimum atomic E-state index is -0.183. The van der Waals surface area contributed by atoms with E-state index in [1.165, 1.54) is 18.9 Å². The van der Waals surface area contributed by atoms with Gasteiger partial charge in [-0.15, -0.1) is 0 Å². The normalized spacial score (nSPS) is 17.9. The van der Waals surface area contributed by atoms with Crippen molar-refractivity contribution in [1.29, 1.82) is 0 Å². The Morgan fingerprint density at radius 3 is 2.78 bits per heavy atom. The molecular formula is C14H22FN3. The molecule has 0 unspecified atom stereocenters. The van der Waals surface area contributed by atoms with Crippen LogP contribution in [0.4, 0.5) is 10.1 Å². The van der Waals surface area contributed by atoms with Crippen molar-refractivity contribution in [2.24, 2.45) is 11.7 Å². The number of hydrogen-bond acceptors (Lipinski definition) is 3. The van der Waals surface area contributed by atoms with Crippen LogP contribution in [0.1, 0.15) is 12.8 Å². The van der Waals surface area contributed by atoms with E-state index in [0.29, 0.717) is 5.92 Å². The van der Waals surface area contributed by atoms with Gasteiger partial charge in [-0.05, 0) is 50.0 Å². The van der Waals surface area contributed by atoms with Gasteiger partial charge in [-0.25, -0.2) is 4.39 Å². The second kappa shape index (κ2) is 6.71. The average Bonchev–Trinajstić information content (AvgIpc) is 2.38. The smallest absolute Gasteiger partial charge is 0.125 e. The van der Waals surface area contributed by atoms with Gasteiger partial charge in [0.15, 0.2) is 0 Å². The fourth-order valence-electron chi connectivity index (χ4n) is 2.46. The first-order valence-corrected chi connectivity index (χ1v) is 6.70. The van der Waals surface area contributed by atoms with Crippen molar-refractivity contribution in [3.8, 4) is 0 Å². The molecule has 1 aromatic carbocycles. The largest absolute Gasteiger partial charge is 0.385 e. The van der Waals surface area contributed by atoms with E-state index in [4.69, 9.17) is 5.73 Å². The van der Waals surface area contributed by atoms with Crippen molar-refractivity contribution in [1.82, 2.24) is 4.90 Å². The standard InChI is InChI=1S/C14H22FN3/c15-13-2-1-3-14(10-13)17-11-12-4-7-18(8-5-12)9-6-16/h1-3,10,12,17H,4-9,11,16H2. The van der Waals surface area contributed by atoms with E-state index in [-0.39, 0.29) is 5.82 Å². The molecule has 18 heavy (non-hydrogen) atoms. The molecule has 1 heterocycles. The van der Waals surface area contributed by atoms with Gasteiger partial charge in [0, 0.05) is 25.3 Å². The van der Waals surface area contributed by atoms with E-state index in [0.717, 1.165) is 38.4 Å². The number of anilines is 1. The third-order valence-corrected chi connectivity index (χ3v) is 3.57. The zero-order chi connectivity index (χ0) is 12.8. The lowest BCUT2D eigenvalue weighted by atomic mass is 9.96. The van der Waals surface area contributed by atoms with Crippen molar-refractivity contribution in [2.45, 2.75) is 12.8 Å². The van der Waals surface area contributed by atoms with Gasteiger partial charge in [-0.3, -0.25) is 0 Å². The van der Waals surface area contributed by atoms with Gasteiger partial charge in [0.2, 0.25) is 0 Å².